The van der Waals surface area contributed by atoms with E-state index in [1.165, 1.54) is 7.11 Å². The molecule has 0 aromatic rings. The quantitative estimate of drug-likeness (QED) is 0.490. The van der Waals surface area contributed by atoms with E-state index in [0.717, 1.165) is 0 Å². The highest BCUT2D eigenvalue weighted by molar-refractivity contribution is 7.91. The number of carbonyl (C=O) groups is 2. The van der Waals surface area contributed by atoms with Crippen molar-refractivity contribution in [2.24, 2.45) is 0 Å². The van der Waals surface area contributed by atoms with E-state index in [1.54, 1.807) is 0 Å². The lowest BCUT2D eigenvalue weighted by Crippen LogP contribution is -2.15. The van der Waals surface area contributed by atoms with Crippen LogP contribution in [0.2, 0.25) is 0 Å². The predicted octanol–water partition coefficient (Wildman–Crippen LogP) is 0.219. The fraction of sp³-hybridized carbons (Fsp3) is 0.778. The lowest BCUT2D eigenvalue weighted by molar-refractivity contribution is -0.140. The van der Waals surface area contributed by atoms with Crippen LogP contribution in [0.15, 0.2) is 0 Å². The molecule has 0 bridgehead atoms. The average Bonchev–Trinajstić information content (AvgIpc) is 2.21. The number of aliphatic carboxylic acids is 1. The number of hydrogen-bond acceptors (Lipinski definition) is 5. The Labute approximate surface area is 94.5 Å². The number of rotatable bonds is 8. The van der Waals surface area contributed by atoms with Gasteiger partial charge >= 0.3 is 11.9 Å². The van der Waals surface area contributed by atoms with Crippen molar-refractivity contribution in [2.45, 2.75) is 25.7 Å². The molecule has 0 fully saturated rings. The van der Waals surface area contributed by atoms with E-state index in [2.05, 4.69) is 4.74 Å². The zero-order valence-corrected chi connectivity index (χ0v) is 9.96. The Morgan fingerprint density at radius 1 is 1.12 bits per heavy atom. The first kappa shape index (κ1) is 14.9. The van der Waals surface area contributed by atoms with Gasteiger partial charge in [-0.15, -0.1) is 0 Å². The van der Waals surface area contributed by atoms with E-state index >= 15 is 0 Å². The second-order valence-corrected chi connectivity index (χ2v) is 5.63. The fourth-order valence-electron chi connectivity index (χ4n) is 1.04. The van der Waals surface area contributed by atoms with Gasteiger partial charge < -0.3 is 9.84 Å². The van der Waals surface area contributed by atoms with Crippen molar-refractivity contribution >= 4 is 21.8 Å². The lowest BCUT2D eigenvalue weighted by Gasteiger charge is -2.02. The molecule has 6 nitrogen and oxygen atoms in total. The zero-order valence-electron chi connectivity index (χ0n) is 9.14. The Morgan fingerprint density at radius 3 is 2.25 bits per heavy atom. The summed E-state index contributed by atoms with van der Waals surface area (Å²) in [5, 5.41) is 8.34. The SMILES string of the molecule is COC(=O)CCS(=O)(=O)CCCCC(=O)O. The molecule has 1 N–H and O–H groups in total. The van der Waals surface area contributed by atoms with Crippen LogP contribution in [0.5, 0.6) is 0 Å². The molecule has 0 aromatic carbocycles. The van der Waals surface area contributed by atoms with E-state index in [0.29, 0.717) is 12.8 Å². The van der Waals surface area contributed by atoms with Crippen molar-refractivity contribution in [3.8, 4) is 0 Å². The predicted molar refractivity (Wildman–Crippen MR) is 56.8 cm³/mol. The summed E-state index contributed by atoms with van der Waals surface area (Å²) < 4.78 is 27.0. The number of esters is 1. The van der Waals surface area contributed by atoms with Crippen LogP contribution in [0.25, 0.3) is 0 Å². The minimum Gasteiger partial charge on any atom is -0.481 e. The number of sulfone groups is 1. The monoisotopic (exact) mass is 252 g/mol. The van der Waals surface area contributed by atoms with Gasteiger partial charge in [-0.1, -0.05) is 0 Å². The standard InChI is InChI=1S/C9H16O6S/c1-15-9(12)5-7-16(13,14)6-3-2-4-8(10)11/h2-7H2,1H3,(H,10,11). The minimum atomic E-state index is -3.28. The Kier molecular flexibility index (Phi) is 6.71. The van der Waals surface area contributed by atoms with Crippen LogP contribution < -0.4 is 0 Å². The number of unbranched alkanes of at least 4 members (excludes halogenated alkanes) is 1. The molecule has 0 atom stereocenters. The molecule has 0 amide bonds. The summed E-state index contributed by atoms with van der Waals surface area (Å²) in [6.07, 6.45) is 0.437. The summed E-state index contributed by atoms with van der Waals surface area (Å²) in [4.78, 5) is 20.9. The summed E-state index contributed by atoms with van der Waals surface area (Å²) in [7, 11) is -2.08. The molecule has 0 aliphatic heterocycles. The Balaban J connectivity index is 3.79. The molecule has 0 unspecified atom stereocenters. The molecule has 0 radical (unpaired) electrons. The fourth-order valence-corrected chi connectivity index (χ4v) is 2.37. The zero-order chi connectivity index (χ0) is 12.6. The molecular formula is C9H16O6S. The largest absolute Gasteiger partial charge is 0.481 e. The van der Waals surface area contributed by atoms with Crippen molar-refractivity contribution < 1.29 is 27.9 Å². The van der Waals surface area contributed by atoms with Crippen LogP contribution >= 0.6 is 0 Å². The molecule has 0 aromatic heterocycles. The van der Waals surface area contributed by atoms with Crippen LogP contribution in [0, 0.1) is 0 Å². The summed E-state index contributed by atoms with van der Waals surface area (Å²) in [6.45, 7) is 0. The van der Waals surface area contributed by atoms with Crippen LogP contribution in [-0.4, -0.2) is 44.1 Å². The maximum Gasteiger partial charge on any atom is 0.306 e. The normalized spacial score (nSPS) is 11.1. The van der Waals surface area contributed by atoms with E-state index in [-0.39, 0.29) is 24.3 Å². The van der Waals surface area contributed by atoms with E-state index in [9.17, 15) is 18.0 Å². The van der Waals surface area contributed by atoms with Gasteiger partial charge in [-0.2, -0.15) is 0 Å². The van der Waals surface area contributed by atoms with E-state index in [1.807, 2.05) is 0 Å². The molecule has 7 heteroatoms. The van der Waals surface area contributed by atoms with Crippen molar-refractivity contribution in [3.05, 3.63) is 0 Å². The molecule has 0 aliphatic carbocycles. The first-order valence-corrected chi connectivity index (χ1v) is 6.68. The third-order valence-electron chi connectivity index (χ3n) is 1.94. The maximum atomic E-state index is 11.3. The number of carboxylic acids is 1. The Morgan fingerprint density at radius 2 is 1.75 bits per heavy atom. The van der Waals surface area contributed by atoms with E-state index in [4.69, 9.17) is 5.11 Å². The highest BCUT2D eigenvalue weighted by Gasteiger charge is 2.13. The molecule has 16 heavy (non-hydrogen) atoms. The molecule has 0 rings (SSSR count). The molecule has 94 valence electrons. The Hall–Kier alpha value is -1.11. The summed E-state index contributed by atoms with van der Waals surface area (Å²) in [5.41, 5.74) is 0. The van der Waals surface area contributed by atoms with Gasteiger partial charge in [0.2, 0.25) is 0 Å². The maximum absolute atomic E-state index is 11.3. The van der Waals surface area contributed by atoms with Crippen LogP contribution in [0.4, 0.5) is 0 Å². The highest BCUT2D eigenvalue weighted by Crippen LogP contribution is 2.02. The second kappa shape index (κ2) is 7.21. The molecule has 0 heterocycles. The van der Waals surface area contributed by atoms with Gasteiger partial charge in [0.25, 0.3) is 0 Å². The van der Waals surface area contributed by atoms with Crippen LogP contribution in [-0.2, 0) is 24.2 Å². The smallest absolute Gasteiger partial charge is 0.306 e. The van der Waals surface area contributed by atoms with Gasteiger partial charge in [0, 0.05) is 6.42 Å². The van der Waals surface area contributed by atoms with Crippen LogP contribution in [0.3, 0.4) is 0 Å². The number of carboxylic acid groups (broad SMARTS) is 1. The lowest BCUT2D eigenvalue weighted by atomic mass is 10.3. The summed E-state index contributed by atoms with van der Waals surface area (Å²) in [6, 6.07) is 0. The summed E-state index contributed by atoms with van der Waals surface area (Å²) in [5.74, 6) is -1.83. The summed E-state index contributed by atoms with van der Waals surface area (Å²) >= 11 is 0. The third-order valence-corrected chi connectivity index (χ3v) is 3.68. The van der Waals surface area contributed by atoms with Crippen molar-refractivity contribution in [2.75, 3.05) is 18.6 Å². The molecule has 0 aliphatic rings. The number of hydrogen-bond donors (Lipinski definition) is 1. The second-order valence-electron chi connectivity index (χ2n) is 3.33. The van der Waals surface area contributed by atoms with Gasteiger partial charge in [0.15, 0.2) is 9.84 Å². The van der Waals surface area contributed by atoms with E-state index < -0.39 is 21.8 Å². The van der Waals surface area contributed by atoms with Gasteiger partial charge in [-0.25, -0.2) is 8.42 Å². The van der Waals surface area contributed by atoms with Crippen LogP contribution in [0.1, 0.15) is 25.7 Å². The average molecular weight is 252 g/mol. The first-order chi connectivity index (χ1) is 7.37. The van der Waals surface area contributed by atoms with Crippen molar-refractivity contribution in [1.82, 2.24) is 0 Å². The van der Waals surface area contributed by atoms with Gasteiger partial charge in [0.1, 0.15) is 0 Å². The topological polar surface area (TPSA) is 97.7 Å². The number of ether oxygens (including phenoxy) is 1. The third kappa shape index (κ3) is 8.22. The molecule has 0 spiro atoms. The van der Waals surface area contributed by atoms with Crippen molar-refractivity contribution in [1.29, 1.82) is 0 Å². The Bertz CT molecular complexity index is 332. The first-order valence-electron chi connectivity index (χ1n) is 4.86. The minimum absolute atomic E-state index is 0.0352. The van der Waals surface area contributed by atoms with Crippen molar-refractivity contribution in [3.63, 3.8) is 0 Å². The van der Waals surface area contributed by atoms with Gasteiger partial charge in [-0.05, 0) is 12.8 Å². The highest BCUT2D eigenvalue weighted by atomic mass is 32.2. The van der Waals surface area contributed by atoms with Gasteiger partial charge in [-0.3, -0.25) is 9.59 Å². The molecular weight excluding hydrogens is 236 g/mol. The number of carbonyl (C=O) groups excluding carboxylic acids is 1. The number of methoxy groups -OCH3 is 1. The van der Waals surface area contributed by atoms with Gasteiger partial charge in [0.05, 0.1) is 25.0 Å². The molecule has 0 saturated heterocycles. The molecule has 0 saturated carbocycles.